The molecule has 3 rings (SSSR count). The standard InChI is InChI=1S/C20H16Cl2N2O2/c1-12(2)20-15(11-25-14-6-3-5-13(9-14)10-23)19(24-26-20)18-16(21)7-4-8-17(18)22/h3-9,12H,11H2,1-2H3. The maximum atomic E-state index is 9.03. The van der Waals surface area contributed by atoms with Crippen molar-refractivity contribution in [1.29, 1.82) is 5.26 Å². The molecule has 0 saturated heterocycles. The first kappa shape index (κ1) is 18.3. The van der Waals surface area contributed by atoms with Gasteiger partial charge in [-0.2, -0.15) is 5.26 Å². The molecule has 0 atom stereocenters. The summed E-state index contributed by atoms with van der Waals surface area (Å²) >= 11 is 12.7. The van der Waals surface area contributed by atoms with Crippen LogP contribution in [0.1, 0.15) is 36.7 Å². The molecular weight excluding hydrogens is 371 g/mol. The zero-order valence-electron chi connectivity index (χ0n) is 14.3. The summed E-state index contributed by atoms with van der Waals surface area (Å²) in [5, 5.41) is 14.2. The van der Waals surface area contributed by atoms with Gasteiger partial charge in [-0.3, -0.25) is 0 Å². The lowest BCUT2D eigenvalue weighted by atomic mass is 10.0. The fourth-order valence-electron chi connectivity index (χ4n) is 2.65. The normalized spacial score (nSPS) is 10.8. The van der Waals surface area contributed by atoms with Crippen molar-refractivity contribution in [2.75, 3.05) is 0 Å². The summed E-state index contributed by atoms with van der Waals surface area (Å²) in [5.41, 5.74) is 2.51. The predicted molar refractivity (Wildman–Crippen MR) is 102 cm³/mol. The van der Waals surface area contributed by atoms with Crippen LogP contribution in [0.5, 0.6) is 5.75 Å². The Kier molecular flexibility index (Phi) is 5.51. The molecule has 0 aliphatic carbocycles. The van der Waals surface area contributed by atoms with Crippen molar-refractivity contribution in [2.24, 2.45) is 0 Å². The van der Waals surface area contributed by atoms with Crippen molar-refractivity contribution in [1.82, 2.24) is 5.16 Å². The number of aromatic nitrogens is 1. The first-order valence-corrected chi connectivity index (χ1v) is 8.82. The molecule has 0 amide bonds. The monoisotopic (exact) mass is 386 g/mol. The van der Waals surface area contributed by atoms with Gasteiger partial charge in [-0.15, -0.1) is 0 Å². The van der Waals surface area contributed by atoms with E-state index in [2.05, 4.69) is 11.2 Å². The van der Waals surface area contributed by atoms with E-state index in [1.54, 1.807) is 42.5 Å². The zero-order valence-corrected chi connectivity index (χ0v) is 15.8. The van der Waals surface area contributed by atoms with E-state index in [0.29, 0.717) is 38.4 Å². The van der Waals surface area contributed by atoms with Gasteiger partial charge in [-0.05, 0) is 30.3 Å². The van der Waals surface area contributed by atoms with Gasteiger partial charge in [-0.25, -0.2) is 0 Å². The highest BCUT2D eigenvalue weighted by molar-refractivity contribution is 6.39. The molecule has 0 bridgehead atoms. The Labute approximate surface area is 161 Å². The Morgan fingerprint density at radius 1 is 1.15 bits per heavy atom. The number of halogens is 2. The van der Waals surface area contributed by atoms with Crippen LogP contribution >= 0.6 is 23.2 Å². The number of hydrogen-bond acceptors (Lipinski definition) is 4. The third-order valence-electron chi connectivity index (χ3n) is 3.89. The molecule has 0 N–H and O–H groups in total. The third kappa shape index (κ3) is 3.70. The first-order valence-electron chi connectivity index (χ1n) is 8.07. The fourth-order valence-corrected chi connectivity index (χ4v) is 3.22. The van der Waals surface area contributed by atoms with Crippen LogP contribution in [-0.2, 0) is 6.61 Å². The number of hydrogen-bond donors (Lipinski definition) is 0. The van der Waals surface area contributed by atoms with Gasteiger partial charge in [0.25, 0.3) is 0 Å². The van der Waals surface area contributed by atoms with Gasteiger partial charge >= 0.3 is 0 Å². The summed E-state index contributed by atoms with van der Waals surface area (Å²) < 4.78 is 11.4. The average molecular weight is 387 g/mol. The largest absolute Gasteiger partial charge is 0.489 e. The van der Waals surface area contributed by atoms with Crippen LogP contribution < -0.4 is 4.74 Å². The van der Waals surface area contributed by atoms with Crippen LogP contribution in [0, 0.1) is 11.3 Å². The highest BCUT2D eigenvalue weighted by Gasteiger charge is 2.23. The van der Waals surface area contributed by atoms with Gasteiger partial charge in [0.2, 0.25) is 0 Å². The zero-order chi connectivity index (χ0) is 18.7. The molecule has 3 aromatic rings. The van der Waals surface area contributed by atoms with Crippen LogP contribution in [0.4, 0.5) is 0 Å². The summed E-state index contributed by atoms with van der Waals surface area (Å²) in [5.74, 6) is 1.42. The van der Waals surface area contributed by atoms with E-state index in [1.165, 1.54) is 0 Å². The third-order valence-corrected chi connectivity index (χ3v) is 4.52. The summed E-state index contributed by atoms with van der Waals surface area (Å²) in [6.45, 7) is 4.25. The first-order chi connectivity index (χ1) is 12.5. The fraction of sp³-hybridized carbons (Fsp3) is 0.200. The minimum absolute atomic E-state index is 0.113. The summed E-state index contributed by atoms with van der Waals surface area (Å²) in [6.07, 6.45) is 0. The van der Waals surface area contributed by atoms with E-state index < -0.39 is 0 Å². The van der Waals surface area contributed by atoms with E-state index in [0.717, 1.165) is 5.56 Å². The smallest absolute Gasteiger partial charge is 0.146 e. The number of benzene rings is 2. The SMILES string of the molecule is CC(C)c1onc(-c2c(Cl)cccc2Cl)c1COc1cccc(C#N)c1. The number of nitrogens with zero attached hydrogens (tertiary/aromatic N) is 2. The lowest BCUT2D eigenvalue weighted by molar-refractivity contribution is 0.298. The lowest BCUT2D eigenvalue weighted by Crippen LogP contribution is -2.01. The molecule has 0 fully saturated rings. The Hall–Kier alpha value is -2.48. The van der Waals surface area contributed by atoms with Gasteiger partial charge in [-0.1, -0.05) is 54.3 Å². The Morgan fingerprint density at radius 2 is 1.85 bits per heavy atom. The molecule has 6 heteroatoms. The molecule has 0 aliphatic heterocycles. The molecule has 0 aliphatic rings. The van der Waals surface area contributed by atoms with E-state index >= 15 is 0 Å². The minimum atomic E-state index is 0.113. The second kappa shape index (κ2) is 7.82. The number of ether oxygens (including phenoxy) is 1. The van der Waals surface area contributed by atoms with Gasteiger partial charge < -0.3 is 9.26 Å². The topological polar surface area (TPSA) is 59.1 Å². The van der Waals surface area contributed by atoms with Crippen molar-refractivity contribution >= 4 is 23.2 Å². The van der Waals surface area contributed by atoms with Gasteiger partial charge in [0.15, 0.2) is 0 Å². The van der Waals surface area contributed by atoms with Crippen molar-refractivity contribution in [3.8, 4) is 23.1 Å². The quantitative estimate of drug-likeness (QED) is 0.521. The molecule has 4 nitrogen and oxygen atoms in total. The number of nitriles is 1. The van der Waals surface area contributed by atoms with Crippen molar-refractivity contribution in [3.05, 3.63) is 69.4 Å². The molecule has 1 aromatic heterocycles. The average Bonchev–Trinajstić information content (AvgIpc) is 3.04. The van der Waals surface area contributed by atoms with Gasteiger partial charge in [0.1, 0.15) is 23.8 Å². The summed E-state index contributed by atoms with van der Waals surface area (Å²) in [4.78, 5) is 0. The minimum Gasteiger partial charge on any atom is -0.489 e. The van der Waals surface area contributed by atoms with E-state index in [4.69, 9.17) is 37.7 Å². The Bertz CT molecular complexity index is 954. The summed E-state index contributed by atoms with van der Waals surface area (Å²) in [6, 6.07) is 14.4. The Balaban J connectivity index is 2.00. The lowest BCUT2D eigenvalue weighted by Gasteiger charge is -2.10. The van der Waals surface area contributed by atoms with Crippen molar-refractivity contribution in [2.45, 2.75) is 26.4 Å². The van der Waals surface area contributed by atoms with Crippen LogP contribution in [0.2, 0.25) is 10.0 Å². The molecule has 26 heavy (non-hydrogen) atoms. The highest BCUT2D eigenvalue weighted by Crippen LogP contribution is 2.38. The van der Waals surface area contributed by atoms with Crippen molar-refractivity contribution in [3.63, 3.8) is 0 Å². The van der Waals surface area contributed by atoms with Crippen LogP contribution in [0.3, 0.4) is 0 Å². The molecule has 132 valence electrons. The molecule has 0 spiro atoms. The molecular formula is C20H16Cl2N2O2. The molecule has 1 heterocycles. The van der Waals surface area contributed by atoms with E-state index in [-0.39, 0.29) is 12.5 Å². The van der Waals surface area contributed by atoms with Gasteiger partial charge in [0.05, 0.1) is 27.2 Å². The predicted octanol–water partition coefficient (Wildman–Crippen LogP) is 6.22. The summed E-state index contributed by atoms with van der Waals surface area (Å²) in [7, 11) is 0. The number of rotatable bonds is 5. The second-order valence-electron chi connectivity index (χ2n) is 6.05. The maximum absolute atomic E-state index is 9.03. The maximum Gasteiger partial charge on any atom is 0.146 e. The van der Waals surface area contributed by atoms with E-state index in [9.17, 15) is 0 Å². The molecule has 2 aromatic carbocycles. The van der Waals surface area contributed by atoms with Crippen LogP contribution in [-0.4, -0.2) is 5.16 Å². The molecule has 0 saturated carbocycles. The Morgan fingerprint density at radius 3 is 2.50 bits per heavy atom. The second-order valence-corrected chi connectivity index (χ2v) is 6.87. The van der Waals surface area contributed by atoms with Crippen molar-refractivity contribution < 1.29 is 9.26 Å². The van der Waals surface area contributed by atoms with Gasteiger partial charge in [0, 0.05) is 11.5 Å². The molecule has 0 unspecified atom stereocenters. The molecule has 0 radical (unpaired) electrons. The van der Waals surface area contributed by atoms with Crippen LogP contribution in [0.25, 0.3) is 11.3 Å². The highest BCUT2D eigenvalue weighted by atomic mass is 35.5. The van der Waals surface area contributed by atoms with E-state index in [1.807, 2.05) is 13.8 Å². The van der Waals surface area contributed by atoms with Crippen LogP contribution in [0.15, 0.2) is 47.0 Å².